The second-order valence-corrected chi connectivity index (χ2v) is 15.1. The molecule has 0 bridgehead atoms. The van der Waals surface area contributed by atoms with E-state index in [0.29, 0.717) is 22.1 Å². The van der Waals surface area contributed by atoms with Gasteiger partial charge in [-0.05, 0) is 86.8 Å². The SMILES string of the molecule is Cc1ccc(-n2nc(C(C)(C)C)cc2NC(=O)Nc2ccc(C(C3CCNCC3)S(=O)(=O)c3ccc(Cl)c(Cl)c3)cc2)cc1. The number of piperidine rings is 1. The molecule has 0 aliphatic carbocycles. The first-order valence-electron chi connectivity index (χ1n) is 14.6. The summed E-state index contributed by atoms with van der Waals surface area (Å²) in [7, 11) is -3.79. The molecule has 1 aliphatic rings. The Labute approximate surface area is 269 Å². The number of carbonyl (C=O) groups is 1. The molecule has 5 rings (SSSR count). The lowest BCUT2D eigenvalue weighted by Gasteiger charge is -2.31. The monoisotopic (exact) mass is 653 g/mol. The fourth-order valence-corrected chi connectivity index (χ4v) is 7.90. The van der Waals surface area contributed by atoms with Gasteiger partial charge in [-0.1, -0.05) is 73.8 Å². The summed E-state index contributed by atoms with van der Waals surface area (Å²) in [6, 6.07) is 20.8. The van der Waals surface area contributed by atoms with Crippen LogP contribution in [-0.4, -0.2) is 37.3 Å². The molecule has 8 nitrogen and oxygen atoms in total. The number of aromatic nitrogens is 2. The molecule has 1 saturated heterocycles. The lowest BCUT2D eigenvalue weighted by atomic mass is 9.90. The van der Waals surface area contributed by atoms with Crippen LogP contribution in [0.5, 0.6) is 0 Å². The predicted octanol–water partition coefficient (Wildman–Crippen LogP) is 7.94. The Morgan fingerprint density at radius 1 is 0.932 bits per heavy atom. The van der Waals surface area contributed by atoms with Gasteiger partial charge >= 0.3 is 6.03 Å². The van der Waals surface area contributed by atoms with E-state index in [9.17, 15) is 13.2 Å². The summed E-state index contributed by atoms with van der Waals surface area (Å²) in [5.74, 6) is 0.448. The Bertz CT molecular complexity index is 1740. The first-order chi connectivity index (χ1) is 20.8. The molecule has 2 amide bonds. The summed E-state index contributed by atoms with van der Waals surface area (Å²) in [5.41, 5.74) is 3.75. The van der Waals surface area contributed by atoms with E-state index in [1.807, 2.05) is 37.3 Å². The highest BCUT2D eigenvalue weighted by atomic mass is 35.5. The molecule has 1 aliphatic heterocycles. The fraction of sp³-hybridized carbons (Fsp3) is 0.333. The molecule has 232 valence electrons. The number of urea groups is 1. The number of aryl methyl sites for hydroxylation is 1. The molecule has 4 aromatic rings. The molecule has 1 aromatic heterocycles. The number of sulfone groups is 1. The minimum Gasteiger partial charge on any atom is -0.317 e. The van der Waals surface area contributed by atoms with Gasteiger partial charge in [-0.2, -0.15) is 5.10 Å². The van der Waals surface area contributed by atoms with Crippen LogP contribution in [0.4, 0.5) is 16.3 Å². The van der Waals surface area contributed by atoms with Crippen molar-refractivity contribution in [1.82, 2.24) is 15.1 Å². The molecule has 3 aromatic carbocycles. The highest BCUT2D eigenvalue weighted by Crippen LogP contribution is 2.41. The van der Waals surface area contributed by atoms with Gasteiger partial charge in [0.1, 0.15) is 5.82 Å². The number of anilines is 2. The maximum absolute atomic E-state index is 14.0. The first-order valence-corrected chi connectivity index (χ1v) is 16.9. The van der Waals surface area contributed by atoms with Crippen molar-refractivity contribution in [3.63, 3.8) is 0 Å². The molecule has 3 N–H and O–H groups in total. The molecule has 0 radical (unpaired) electrons. The largest absolute Gasteiger partial charge is 0.324 e. The third kappa shape index (κ3) is 7.12. The van der Waals surface area contributed by atoms with Crippen molar-refractivity contribution in [3.05, 3.63) is 99.7 Å². The molecule has 1 atom stereocenters. The zero-order chi connectivity index (χ0) is 31.6. The van der Waals surface area contributed by atoms with Gasteiger partial charge in [-0.3, -0.25) is 5.32 Å². The van der Waals surface area contributed by atoms with Crippen molar-refractivity contribution in [1.29, 1.82) is 0 Å². The van der Waals surface area contributed by atoms with E-state index in [-0.39, 0.29) is 21.3 Å². The average molecular weight is 655 g/mol. The summed E-state index contributed by atoms with van der Waals surface area (Å²) < 4.78 is 29.7. The van der Waals surface area contributed by atoms with E-state index in [1.165, 1.54) is 18.2 Å². The number of amides is 2. The topological polar surface area (TPSA) is 105 Å². The molecule has 44 heavy (non-hydrogen) atoms. The van der Waals surface area contributed by atoms with Crippen LogP contribution < -0.4 is 16.0 Å². The summed E-state index contributed by atoms with van der Waals surface area (Å²) in [5, 5.41) is 13.6. The van der Waals surface area contributed by atoms with Gasteiger partial charge < -0.3 is 10.6 Å². The van der Waals surface area contributed by atoms with Crippen molar-refractivity contribution in [2.45, 2.75) is 56.1 Å². The van der Waals surface area contributed by atoms with Gasteiger partial charge in [0.15, 0.2) is 9.84 Å². The molecule has 1 unspecified atom stereocenters. The van der Waals surface area contributed by atoms with Crippen LogP contribution in [-0.2, 0) is 15.3 Å². The number of carbonyl (C=O) groups excluding carboxylic acids is 1. The van der Waals surface area contributed by atoms with E-state index >= 15 is 0 Å². The quantitative estimate of drug-likeness (QED) is 0.188. The highest BCUT2D eigenvalue weighted by Gasteiger charge is 2.37. The van der Waals surface area contributed by atoms with Crippen LogP contribution >= 0.6 is 23.2 Å². The normalized spacial score (nSPS) is 15.1. The predicted molar refractivity (Wildman–Crippen MR) is 178 cm³/mol. The summed E-state index contributed by atoms with van der Waals surface area (Å²) in [6.07, 6.45) is 1.44. The zero-order valence-corrected chi connectivity index (χ0v) is 27.5. The van der Waals surface area contributed by atoms with Gasteiger partial charge in [0.2, 0.25) is 0 Å². The van der Waals surface area contributed by atoms with Gasteiger partial charge in [0.05, 0.1) is 31.6 Å². The summed E-state index contributed by atoms with van der Waals surface area (Å²) in [4.78, 5) is 13.3. The molecule has 0 spiro atoms. The number of nitrogens with one attached hydrogen (secondary N) is 3. The third-order valence-corrected chi connectivity index (χ3v) is 10.8. The second-order valence-electron chi connectivity index (χ2n) is 12.2. The summed E-state index contributed by atoms with van der Waals surface area (Å²) >= 11 is 12.3. The van der Waals surface area contributed by atoms with Gasteiger partial charge in [-0.25, -0.2) is 17.9 Å². The van der Waals surface area contributed by atoms with Gasteiger partial charge in [0, 0.05) is 17.2 Å². The molecule has 11 heteroatoms. The van der Waals surface area contributed by atoms with Crippen molar-refractivity contribution in [2.24, 2.45) is 5.92 Å². The lowest BCUT2D eigenvalue weighted by Crippen LogP contribution is -2.33. The number of halogens is 2. The minimum atomic E-state index is -3.79. The maximum atomic E-state index is 14.0. The number of hydrogen-bond acceptors (Lipinski definition) is 5. The Morgan fingerprint density at radius 3 is 2.20 bits per heavy atom. The number of hydrogen-bond donors (Lipinski definition) is 3. The van der Waals surface area contributed by atoms with Crippen LogP contribution in [0, 0.1) is 12.8 Å². The van der Waals surface area contributed by atoms with E-state index in [4.69, 9.17) is 28.3 Å². The number of rotatable bonds is 7. The molecule has 2 heterocycles. The van der Waals surface area contributed by atoms with Crippen LogP contribution in [0.1, 0.15) is 55.7 Å². The maximum Gasteiger partial charge on any atom is 0.324 e. The minimum absolute atomic E-state index is 0.0862. The molecular weight excluding hydrogens is 617 g/mol. The summed E-state index contributed by atoms with van der Waals surface area (Å²) in [6.45, 7) is 9.71. The van der Waals surface area contributed by atoms with Gasteiger partial charge in [-0.15, -0.1) is 0 Å². The van der Waals surface area contributed by atoms with E-state index in [2.05, 4.69) is 36.7 Å². The highest BCUT2D eigenvalue weighted by molar-refractivity contribution is 7.91. The van der Waals surface area contributed by atoms with E-state index in [0.717, 1.165) is 42.9 Å². The number of nitrogens with zero attached hydrogens (tertiary/aromatic N) is 2. The van der Waals surface area contributed by atoms with Crippen LogP contribution in [0.25, 0.3) is 5.69 Å². The van der Waals surface area contributed by atoms with E-state index < -0.39 is 21.1 Å². The Balaban J connectivity index is 1.38. The smallest absolute Gasteiger partial charge is 0.317 e. The lowest BCUT2D eigenvalue weighted by molar-refractivity contribution is 0.262. The fourth-order valence-electron chi connectivity index (χ4n) is 5.41. The van der Waals surface area contributed by atoms with Crippen LogP contribution in [0.15, 0.2) is 77.7 Å². The van der Waals surface area contributed by atoms with Crippen molar-refractivity contribution >= 4 is 50.6 Å². The van der Waals surface area contributed by atoms with Crippen molar-refractivity contribution in [3.8, 4) is 5.69 Å². The Kier molecular flexibility index (Phi) is 9.41. The zero-order valence-electron chi connectivity index (χ0n) is 25.2. The van der Waals surface area contributed by atoms with Crippen molar-refractivity contribution in [2.75, 3.05) is 23.7 Å². The van der Waals surface area contributed by atoms with E-state index in [1.54, 1.807) is 28.9 Å². The molecule has 0 saturated carbocycles. The molecule has 1 fully saturated rings. The Morgan fingerprint density at radius 2 is 1.59 bits per heavy atom. The average Bonchev–Trinajstić information content (AvgIpc) is 3.40. The van der Waals surface area contributed by atoms with Crippen LogP contribution in [0.3, 0.4) is 0 Å². The van der Waals surface area contributed by atoms with Crippen LogP contribution in [0.2, 0.25) is 10.0 Å². The third-order valence-electron chi connectivity index (χ3n) is 7.86. The number of benzene rings is 3. The standard InChI is InChI=1S/C33H37Cl2N5O3S/c1-21-5-11-25(12-6-21)40-30(20-29(39-40)33(2,3)4)38-32(41)37-24-9-7-22(8-10-24)31(23-15-17-36-18-16-23)44(42,43)26-13-14-27(34)28(35)19-26/h5-14,19-20,23,31,36H,15-18H2,1-4H3,(H2,37,38,41). The molecular formula is C33H37Cl2N5O3S. The Hall–Kier alpha value is -3.37. The second kappa shape index (κ2) is 12.9. The van der Waals surface area contributed by atoms with Gasteiger partial charge in [0.25, 0.3) is 0 Å². The first kappa shape index (κ1) is 32.0. The van der Waals surface area contributed by atoms with Crippen molar-refractivity contribution < 1.29 is 13.2 Å².